The highest BCUT2D eigenvalue weighted by molar-refractivity contribution is 5.21. The van der Waals surface area contributed by atoms with Crippen molar-refractivity contribution >= 4 is 0 Å². The molecule has 0 bridgehead atoms. The van der Waals surface area contributed by atoms with Gasteiger partial charge in [0.15, 0.2) is 0 Å². The lowest BCUT2D eigenvalue weighted by Gasteiger charge is -2.14. The van der Waals surface area contributed by atoms with Crippen LogP contribution in [0.2, 0.25) is 0 Å². The summed E-state index contributed by atoms with van der Waals surface area (Å²) in [5.41, 5.74) is 1.32. The van der Waals surface area contributed by atoms with E-state index in [1.165, 1.54) is 24.8 Å². The monoisotopic (exact) mass is 206 g/mol. The molecule has 0 heterocycles. The molecule has 1 aliphatic rings. The van der Waals surface area contributed by atoms with Gasteiger partial charge in [-0.3, -0.25) is 0 Å². The molecule has 1 aromatic carbocycles. The Morgan fingerprint density at radius 1 is 1.13 bits per heavy atom. The molecule has 0 aromatic heterocycles. The predicted molar refractivity (Wildman–Crippen MR) is 61.3 cm³/mol. The van der Waals surface area contributed by atoms with Crippen molar-refractivity contribution in [3.05, 3.63) is 35.6 Å². The topological polar surface area (TPSA) is 0 Å². The van der Waals surface area contributed by atoms with Gasteiger partial charge in [-0.25, -0.2) is 4.39 Å². The zero-order valence-electron chi connectivity index (χ0n) is 9.54. The van der Waals surface area contributed by atoms with Crippen molar-refractivity contribution in [3.8, 4) is 0 Å². The Morgan fingerprint density at radius 2 is 1.80 bits per heavy atom. The molecule has 0 amide bonds. The summed E-state index contributed by atoms with van der Waals surface area (Å²) in [4.78, 5) is 0. The molecule has 82 valence electrons. The summed E-state index contributed by atoms with van der Waals surface area (Å²) in [6, 6.07) is 7.06. The van der Waals surface area contributed by atoms with Crippen molar-refractivity contribution in [2.75, 3.05) is 0 Å². The molecule has 1 saturated carbocycles. The van der Waals surface area contributed by atoms with Crippen LogP contribution in [0, 0.1) is 17.7 Å². The zero-order valence-corrected chi connectivity index (χ0v) is 9.54. The van der Waals surface area contributed by atoms with Crippen LogP contribution >= 0.6 is 0 Å². The van der Waals surface area contributed by atoms with E-state index in [0.29, 0.717) is 5.92 Å². The fraction of sp³-hybridized carbons (Fsp3) is 0.571. The van der Waals surface area contributed by atoms with Crippen LogP contribution in [0.25, 0.3) is 0 Å². The third kappa shape index (κ3) is 2.39. The SMILES string of the molecule is CC(C)C1CCC(c2ccc(F)cc2)C1. The van der Waals surface area contributed by atoms with Crippen molar-refractivity contribution in [1.82, 2.24) is 0 Å². The molecule has 0 aliphatic heterocycles. The summed E-state index contributed by atoms with van der Waals surface area (Å²) in [6.45, 7) is 4.61. The second-order valence-electron chi connectivity index (χ2n) is 5.07. The fourth-order valence-corrected chi connectivity index (χ4v) is 2.66. The minimum atomic E-state index is -0.128. The molecule has 1 aromatic rings. The van der Waals surface area contributed by atoms with Gasteiger partial charge in [-0.05, 0) is 54.7 Å². The van der Waals surface area contributed by atoms with Gasteiger partial charge < -0.3 is 0 Å². The lowest BCUT2D eigenvalue weighted by atomic mass is 9.91. The van der Waals surface area contributed by atoms with Gasteiger partial charge in [0.2, 0.25) is 0 Å². The van der Waals surface area contributed by atoms with E-state index in [2.05, 4.69) is 13.8 Å². The van der Waals surface area contributed by atoms with Crippen LogP contribution < -0.4 is 0 Å². The van der Waals surface area contributed by atoms with Gasteiger partial charge in [-0.15, -0.1) is 0 Å². The normalized spacial score (nSPS) is 26.1. The summed E-state index contributed by atoms with van der Waals surface area (Å²) >= 11 is 0. The summed E-state index contributed by atoms with van der Waals surface area (Å²) < 4.78 is 12.8. The second kappa shape index (κ2) is 4.34. The Morgan fingerprint density at radius 3 is 2.33 bits per heavy atom. The third-order valence-electron chi connectivity index (χ3n) is 3.76. The molecule has 1 heteroatoms. The highest BCUT2D eigenvalue weighted by atomic mass is 19.1. The first-order chi connectivity index (χ1) is 7.16. The quantitative estimate of drug-likeness (QED) is 0.674. The zero-order chi connectivity index (χ0) is 10.8. The summed E-state index contributed by atoms with van der Waals surface area (Å²) in [5.74, 6) is 2.19. The van der Waals surface area contributed by atoms with E-state index in [9.17, 15) is 4.39 Å². The maximum absolute atomic E-state index is 12.8. The van der Waals surface area contributed by atoms with E-state index in [1.54, 1.807) is 12.1 Å². The maximum Gasteiger partial charge on any atom is 0.123 e. The van der Waals surface area contributed by atoms with Crippen molar-refractivity contribution in [2.45, 2.75) is 39.0 Å². The number of hydrogen-bond acceptors (Lipinski definition) is 0. The average molecular weight is 206 g/mol. The summed E-state index contributed by atoms with van der Waals surface area (Å²) in [7, 11) is 0. The largest absolute Gasteiger partial charge is 0.207 e. The second-order valence-corrected chi connectivity index (χ2v) is 5.07. The molecule has 0 nitrogen and oxygen atoms in total. The number of halogens is 1. The first kappa shape index (κ1) is 10.7. The minimum Gasteiger partial charge on any atom is -0.207 e. The summed E-state index contributed by atoms with van der Waals surface area (Å²) in [5, 5.41) is 0. The Hall–Kier alpha value is -0.850. The van der Waals surface area contributed by atoms with E-state index in [-0.39, 0.29) is 5.82 Å². The molecule has 0 N–H and O–H groups in total. The Kier molecular flexibility index (Phi) is 3.08. The number of benzene rings is 1. The molecule has 2 rings (SSSR count). The molecule has 1 fully saturated rings. The van der Waals surface area contributed by atoms with Crippen LogP contribution in [0.5, 0.6) is 0 Å². The molecule has 15 heavy (non-hydrogen) atoms. The molecular weight excluding hydrogens is 187 g/mol. The molecule has 0 saturated heterocycles. The van der Waals surface area contributed by atoms with E-state index in [1.807, 2.05) is 12.1 Å². The molecule has 2 atom stereocenters. The van der Waals surface area contributed by atoms with E-state index >= 15 is 0 Å². The highest BCUT2D eigenvalue weighted by Gasteiger charge is 2.27. The van der Waals surface area contributed by atoms with Crippen LogP contribution in [0.3, 0.4) is 0 Å². The fourth-order valence-electron chi connectivity index (χ4n) is 2.66. The van der Waals surface area contributed by atoms with Gasteiger partial charge in [0.05, 0.1) is 0 Å². The first-order valence-corrected chi connectivity index (χ1v) is 5.92. The lowest BCUT2D eigenvalue weighted by molar-refractivity contribution is 0.391. The molecule has 1 aliphatic carbocycles. The van der Waals surface area contributed by atoms with Gasteiger partial charge in [-0.2, -0.15) is 0 Å². The predicted octanol–water partition coefficient (Wildman–Crippen LogP) is 4.37. The highest BCUT2D eigenvalue weighted by Crippen LogP contribution is 2.41. The van der Waals surface area contributed by atoms with Crippen LogP contribution in [-0.4, -0.2) is 0 Å². The Balaban J connectivity index is 2.04. The van der Waals surface area contributed by atoms with Crippen LogP contribution in [0.1, 0.15) is 44.6 Å². The summed E-state index contributed by atoms with van der Waals surface area (Å²) in [6.07, 6.45) is 3.89. The number of rotatable bonds is 2. The molecular formula is C14H19F. The smallest absolute Gasteiger partial charge is 0.123 e. The van der Waals surface area contributed by atoms with Crippen molar-refractivity contribution in [3.63, 3.8) is 0 Å². The lowest BCUT2D eigenvalue weighted by Crippen LogP contribution is -2.03. The van der Waals surface area contributed by atoms with Gasteiger partial charge in [0.1, 0.15) is 5.82 Å². The van der Waals surface area contributed by atoms with Gasteiger partial charge >= 0.3 is 0 Å². The van der Waals surface area contributed by atoms with Gasteiger partial charge in [0, 0.05) is 0 Å². The Labute approximate surface area is 91.5 Å². The maximum atomic E-state index is 12.8. The molecule has 0 radical (unpaired) electrons. The van der Waals surface area contributed by atoms with E-state index in [0.717, 1.165) is 11.8 Å². The van der Waals surface area contributed by atoms with Crippen LogP contribution in [0.4, 0.5) is 4.39 Å². The van der Waals surface area contributed by atoms with Crippen LogP contribution in [0.15, 0.2) is 24.3 Å². The Bertz CT molecular complexity index is 313. The van der Waals surface area contributed by atoms with Gasteiger partial charge in [0.25, 0.3) is 0 Å². The molecule has 2 unspecified atom stereocenters. The van der Waals surface area contributed by atoms with Crippen molar-refractivity contribution in [2.24, 2.45) is 11.8 Å². The van der Waals surface area contributed by atoms with Crippen LogP contribution in [-0.2, 0) is 0 Å². The molecule has 0 spiro atoms. The van der Waals surface area contributed by atoms with Crippen molar-refractivity contribution < 1.29 is 4.39 Å². The van der Waals surface area contributed by atoms with Crippen molar-refractivity contribution in [1.29, 1.82) is 0 Å². The van der Waals surface area contributed by atoms with E-state index in [4.69, 9.17) is 0 Å². The number of hydrogen-bond donors (Lipinski definition) is 0. The van der Waals surface area contributed by atoms with Gasteiger partial charge in [-0.1, -0.05) is 26.0 Å². The standard InChI is InChI=1S/C14H19F/c1-10(2)12-3-4-13(9-12)11-5-7-14(15)8-6-11/h5-8,10,12-13H,3-4,9H2,1-2H3. The first-order valence-electron chi connectivity index (χ1n) is 5.92. The minimum absolute atomic E-state index is 0.128. The van der Waals surface area contributed by atoms with E-state index < -0.39 is 0 Å². The average Bonchev–Trinajstić information content (AvgIpc) is 2.68. The third-order valence-corrected chi connectivity index (χ3v) is 3.76.